The van der Waals surface area contributed by atoms with E-state index in [0.29, 0.717) is 0 Å². The normalized spacial score (nSPS) is 15.8. The Labute approximate surface area is 79.7 Å². The van der Waals surface area contributed by atoms with Crippen LogP contribution >= 0.6 is 0 Å². The Balaban J connectivity index is 2.21. The Kier molecular flexibility index (Phi) is 2.26. The number of ether oxygens (including phenoxy) is 1. The highest BCUT2D eigenvalue weighted by molar-refractivity contribution is 5.38. The second-order valence-corrected chi connectivity index (χ2v) is 3.73. The minimum absolute atomic E-state index is 0.754. The van der Waals surface area contributed by atoms with Gasteiger partial charge in [-0.25, -0.2) is 0 Å². The summed E-state index contributed by atoms with van der Waals surface area (Å²) in [7, 11) is 0. The molecule has 1 aliphatic carbocycles. The van der Waals surface area contributed by atoms with E-state index < -0.39 is 0 Å². The van der Waals surface area contributed by atoms with Crippen molar-refractivity contribution in [2.45, 2.75) is 32.6 Å². The summed E-state index contributed by atoms with van der Waals surface area (Å²) in [5.41, 5.74) is 2.76. The molecule has 0 heterocycles. The van der Waals surface area contributed by atoms with Gasteiger partial charge in [0.25, 0.3) is 0 Å². The molecule has 13 heavy (non-hydrogen) atoms. The van der Waals surface area contributed by atoms with Crippen LogP contribution in [0.3, 0.4) is 0 Å². The molecule has 0 radical (unpaired) electrons. The van der Waals surface area contributed by atoms with Gasteiger partial charge < -0.3 is 4.74 Å². The molecule has 1 heteroatoms. The van der Waals surface area contributed by atoms with Crippen LogP contribution in [0.2, 0.25) is 0 Å². The van der Waals surface area contributed by atoms with E-state index in [4.69, 9.17) is 4.74 Å². The lowest BCUT2D eigenvalue weighted by atomic mass is 10.1. The van der Waals surface area contributed by atoms with Gasteiger partial charge in [0.2, 0.25) is 0 Å². The van der Waals surface area contributed by atoms with Crippen LogP contribution in [-0.4, -0.2) is 6.61 Å². The lowest BCUT2D eigenvalue weighted by molar-refractivity contribution is 0.338. The van der Waals surface area contributed by atoms with Crippen molar-refractivity contribution in [1.29, 1.82) is 0 Å². The first kappa shape index (κ1) is 8.61. The molecule has 2 rings (SSSR count). The second kappa shape index (κ2) is 3.41. The number of hydrogen-bond acceptors (Lipinski definition) is 1. The van der Waals surface area contributed by atoms with Crippen molar-refractivity contribution in [2.24, 2.45) is 0 Å². The molecule has 1 saturated carbocycles. The van der Waals surface area contributed by atoms with E-state index in [1.165, 1.54) is 24.0 Å². The minimum atomic E-state index is 0.754. The lowest BCUT2D eigenvalue weighted by Gasteiger charge is -2.08. The predicted molar refractivity (Wildman–Crippen MR) is 54.3 cm³/mol. The van der Waals surface area contributed by atoms with Gasteiger partial charge in [0, 0.05) is 0 Å². The summed E-state index contributed by atoms with van der Waals surface area (Å²) in [5.74, 6) is 1.88. The summed E-state index contributed by atoms with van der Waals surface area (Å²) < 4.78 is 5.49. The van der Waals surface area contributed by atoms with Gasteiger partial charge in [-0.3, -0.25) is 0 Å². The molecule has 1 fully saturated rings. The Hall–Kier alpha value is -0.980. The number of hydrogen-bond donors (Lipinski definition) is 0. The van der Waals surface area contributed by atoms with Gasteiger partial charge in [0.05, 0.1) is 6.61 Å². The lowest BCUT2D eigenvalue weighted by Crippen LogP contribution is -1.94. The highest BCUT2D eigenvalue weighted by Gasteiger charge is 2.23. The number of benzene rings is 1. The highest BCUT2D eigenvalue weighted by atomic mass is 16.5. The summed E-state index contributed by atoms with van der Waals surface area (Å²) >= 11 is 0. The largest absolute Gasteiger partial charge is 0.494 e. The second-order valence-electron chi connectivity index (χ2n) is 3.73. The summed E-state index contributed by atoms with van der Waals surface area (Å²) in [6.45, 7) is 4.90. The number of rotatable bonds is 3. The van der Waals surface area contributed by atoms with Crippen LogP contribution < -0.4 is 4.74 Å². The van der Waals surface area contributed by atoms with Crippen LogP contribution in [0.15, 0.2) is 18.2 Å². The quantitative estimate of drug-likeness (QED) is 0.686. The fourth-order valence-corrected chi connectivity index (χ4v) is 1.66. The van der Waals surface area contributed by atoms with E-state index in [-0.39, 0.29) is 0 Å². The van der Waals surface area contributed by atoms with Crippen molar-refractivity contribution in [3.05, 3.63) is 29.3 Å². The Morgan fingerprint density at radius 3 is 2.69 bits per heavy atom. The average molecular weight is 176 g/mol. The van der Waals surface area contributed by atoms with Crippen molar-refractivity contribution in [3.63, 3.8) is 0 Å². The van der Waals surface area contributed by atoms with Crippen LogP contribution in [-0.2, 0) is 0 Å². The van der Waals surface area contributed by atoms with Crippen LogP contribution in [0, 0.1) is 6.92 Å². The molecule has 1 aliphatic rings. The molecule has 0 atom stereocenters. The first-order chi connectivity index (χ1) is 6.31. The van der Waals surface area contributed by atoms with E-state index in [1.54, 1.807) is 0 Å². The van der Waals surface area contributed by atoms with Gasteiger partial charge in [0.15, 0.2) is 0 Å². The van der Waals surface area contributed by atoms with Crippen LogP contribution in [0.25, 0.3) is 0 Å². The summed E-state index contributed by atoms with van der Waals surface area (Å²) in [4.78, 5) is 0. The third-order valence-corrected chi connectivity index (χ3v) is 2.55. The van der Waals surface area contributed by atoms with E-state index in [0.717, 1.165) is 18.3 Å². The van der Waals surface area contributed by atoms with E-state index in [2.05, 4.69) is 25.1 Å². The summed E-state index contributed by atoms with van der Waals surface area (Å²) in [6, 6.07) is 6.57. The Bertz CT molecular complexity index is 300. The van der Waals surface area contributed by atoms with Crippen molar-refractivity contribution in [1.82, 2.24) is 0 Å². The summed E-state index contributed by atoms with van der Waals surface area (Å²) in [6.07, 6.45) is 2.74. The zero-order valence-corrected chi connectivity index (χ0v) is 8.34. The van der Waals surface area contributed by atoms with Gasteiger partial charge >= 0.3 is 0 Å². The highest BCUT2D eigenvalue weighted by Crippen LogP contribution is 2.41. The fourth-order valence-electron chi connectivity index (χ4n) is 1.66. The first-order valence-electron chi connectivity index (χ1n) is 5.04. The van der Waals surface area contributed by atoms with Crippen molar-refractivity contribution < 1.29 is 4.74 Å². The molecular weight excluding hydrogens is 160 g/mol. The summed E-state index contributed by atoms with van der Waals surface area (Å²) in [5, 5.41) is 0. The van der Waals surface area contributed by atoms with Crippen LogP contribution in [0.5, 0.6) is 5.75 Å². The van der Waals surface area contributed by atoms with E-state index >= 15 is 0 Å². The molecule has 1 aromatic carbocycles. The molecule has 0 N–H and O–H groups in total. The monoisotopic (exact) mass is 176 g/mol. The Morgan fingerprint density at radius 1 is 1.38 bits per heavy atom. The molecule has 1 aromatic rings. The molecule has 0 saturated heterocycles. The van der Waals surface area contributed by atoms with Gasteiger partial charge in [0.1, 0.15) is 5.75 Å². The molecule has 0 amide bonds. The van der Waals surface area contributed by atoms with E-state index in [1.807, 2.05) is 6.92 Å². The molecular formula is C12H16O. The van der Waals surface area contributed by atoms with Crippen molar-refractivity contribution in [3.8, 4) is 5.75 Å². The van der Waals surface area contributed by atoms with Crippen molar-refractivity contribution in [2.75, 3.05) is 6.61 Å². The predicted octanol–water partition coefficient (Wildman–Crippen LogP) is 3.27. The molecule has 70 valence electrons. The number of aryl methyl sites for hydroxylation is 1. The maximum atomic E-state index is 5.49. The van der Waals surface area contributed by atoms with E-state index in [9.17, 15) is 0 Å². The molecule has 1 nitrogen and oxygen atoms in total. The SMILES string of the molecule is CCOc1ccc(C2CC2)cc1C. The molecule has 0 aromatic heterocycles. The van der Waals surface area contributed by atoms with Gasteiger partial charge in [-0.05, 0) is 49.8 Å². The topological polar surface area (TPSA) is 9.23 Å². The smallest absolute Gasteiger partial charge is 0.122 e. The van der Waals surface area contributed by atoms with Crippen LogP contribution in [0.1, 0.15) is 36.8 Å². The zero-order valence-electron chi connectivity index (χ0n) is 8.34. The molecule has 0 unspecified atom stereocenters. The van der Waals surface area contributed by atoms with Gasteiger partial charge in [-0.2, -0.15) is 0 Å². The third kappa shape index (κ3) is 1.85. The zero-order chi connectivity index (χ0) is 9.26. The third-order valence-electron chi connectivity index (χ3n) is 2.55. The first-order valence-corrected chi connectivity index (χ1v) is 5.04. The standard InChI is InChI=1S/C12H16O/c1-3-13-12-7-6-11(8-9(12)2)10-4-5-10/h6-8,10H,3-5H2,1-2H3. The maximum Gasteiger partial charge on any atom is 0.122 e. The molecule has 0 spiro atoms. The average Bonchev–Trinajstić information content (AvgIpc) is 2.91. The Morgan fingerprint density at radius 2 is 2.15 bits per heavy atom. The fraction of sp³-hybridized carbons (Fsp3) is 0.500. The molecule has 0 bridgehead atoms. The maximum absolute atomic E-state index is 5.49. The minimum Gasteiger partial charge on any atom is -0.494 e. The van der Waals surface area contributed by atoms with Gasteiger partial charge in [-0.1, -0.05) is 12.1 Å². The van der Waals surface area contributed by atoms with Crippen LogP contribution in [0.4, 0.5) is 0 Å². The van der Waals surface area contributed by atoms with Gasteiger partial charge in [-0.15, -0.1) is 0 Å². The molecule has 0 aliphatic heterocycles. The van der Waals surface area contributed by atoms with Crippen molar-refractivity contribution >= 4 is 0 Å².